The van der Waals surface area contributed by atoms with Crippen molar-refractivity contribution in [2.45, 2.75) is 20.4 Å². The highest BCUT2D eigenvalue weighted by Gasteiger charge is 2.12. The van der Waals surface area contributed by atoms with Crippen LogP contribution in [0.4, 0.5) is 0 Å². The second-order valence-electron chi connectivity index (χ2n) is 3.60. The van der Waals surface area contributed by atoms with Crippen molar-refractivity contribution >= 4 is 23.5 Å². The number of ether oxygens (including phenoxy) is 2. The van der Waals surface area contributed by atoms with Crippen LogP contribution in [0.25, 0.3) is 0 Å². The van der Waals surface area contributed by atoms with Gasteiger partial charge in [0.15, 0.2) is 11.5 Å². The van der Waals surface area contributed by atoms with Gasteiger partial charge in [0.2, 0.25) is 5.91 Å². The lowest BCUT2D eigenvalue weighted by atomic mass is 10.2. The van der Waals surface area contributed by atoms with Gasteiger partial charge in [-0.1, -0.05) is 11.6 Å². The Bertz CT molecular complexity index is 473. The number of halogens is 1. The summed E-state index contributed by atoms with van der Waals surface area (Å²) in [5.41, 5.74) is 0.680. The van der Waals surface area contributed by atoms with E-state index >= 15 is 0 Å². The standard InChI is InChI=1S/C12H14ClNO4/c1-7(15)14-6-9-4-11(17-3)12(5-10(9)13)18-8(2)16/h4-5H,6H2,1-3H3,(H,14,15). The molecule has 0 fully saturated rings. The van der Waals surface area contributed by atoms with Crippen molar-refractivity contribution in [3.8, 4) is 11.5 Å². The number of hydrogen-bond acceptors (Lipinski definition) is 4. The van der Waals surface area contributed by atoms with Crippen molar-refractivity contribution in [3.05, 3.63) is 22.7 Å². The van der Waals surface area contributed by atoms with Gasteiger partial charge in [0.1, 0.15) is 0 Å². The first-order chi connectivity index (χ1) is 8.43. The van der Waals surface area contributed by atoms with E-state index in [4.69, 9.17) is 21.1 Å². The first-order valence-electron chi connectivity index (χ1n) is 5.23. The van der Waals surface area contributed by atoms with Crippen LogP contribution in [0.1, 0.15) is 19.4 Å². The largest absolute Gasteiger partial charge is 0.493 e. The lowest BCUT2D eigenvalue weighted by molar-refractivity contribution is -0.132. The molecule has 98 valence electrons. The smallest absolute Gasteiger partial charge is 0.308 e. The number of rotatable bonds is 4. The number of nitrogens with one attached hydrogen (secondary N) is 1. The van der Waals surface area contributed by atoms with Crippen molar-refractivity contribution < 1.29 is 19.1 Å². The maximum absolute atomic E-state index is 10.9. The lowest BCUT2D eigenvalue weighted by Gasteiger charge is -2.12. The Morgan fingerprint density at radius 2 is 1.94 bits per heavy atom. The summed E-state index contributed by atoms with van der Waals surface area (Å²) in [6.07, 6.45) is 0. The van der Waals surface area contributed by atoms with Gasteiger partial charge in [-0.3, -0.25) is 9.59 Å². The third-order valence-electron chi connectivity index (χ3n) is 2.11. The van der Waals surface area contributed by atoms with Gasteiger partial charge < -0.3 is 14.8 Å². The number of esters is 1. The van der Waals surface area contributed by atoms with Crippen LogP contribution in [-0.2, 0) is 16.1 Å². The summed E-state index contributed by atoms with van der Waals surface area (Å²) in [6, 6.07) is 3.11. The fourth-order valence-electron chi connectivity index (χ4n) is 1.33. The summed E-state index contributed by atoms with van der Waals surface area (Å²) in [5, 5.41) is 3.02. The molecule has 0 aromatic heterocycles. The molecule has 5 nitrogen and oxygen atoms in total. The highest BCUT2D eigenvalue weighted by molar-refractivity contribution is 6.31. The normalized spacial score (nSPS) is 9.78. The summed E-state index contributed by atoms with van der Waals surface area (Å²) >= 11 is 6.03. The predicted molar refractivity (Wildman–Crippen MR) is 66.8 cm³/mol. The Labute approximate surface area is 110 Å². The summed E-state index contributed by atoms with van der Waals surface area (Å²) < 4.78 is 10.1. The van der Waals surface area contributed by atoms with Gasteiger partial charge in [0.25, 0.3) is 0 Å². The number of carbonyl (C=O) groups is 2. The molecule has 0 unspecified atom stereocenters. The quantitative estimate of drug-likeness (QED) is 0.671. The van der Waals surface area contributed by atoms with E-state index in [1.807, 2.05) is 0 Å². The van der Waals surface area contributed by atoms with E-state index in [1.165, 1.54) is 27.0 Å². The number of methoxy groups -OCH3 is 1. The zero-order valence-electron chi connectivity index (χ0n) is 10.4. The maximum atomic E-state index is 10.9. The molecule has 1 N–H and O–H groups in total. The lowest BCUT2D eigenvalue weighted by Crippen LogP contribution is -2.19. The molecular formula is C12H14ClNO4. The maximum Gasteiger partial charge on any atom is 0.308 e. The van der Waals surface area contributed by atoms with E-state index in [2.05, 4.69) is 5.32 Å². The fourth-order valence-corrected chi connectivity index (χ4v) is 1.55. The van der Waals surface area contributed by atoms with E-state index in [1.54, 1.807) is 6.07 Å². The zero-order valence-corrected chi connectivity index (χ0v) is 11.1. The molecule has 0 atom stereocenters. The van der Waals surface area contributed by atoms with Crippen molar-refractivity contribution in [3.63, 3.8) is 0 Å². The van der Waals surface area contributed by atoms with Crippen LogP contribution in [0.5, 0.6) is 11.5 Å². The Balaban J connectivity index is 3.01. The van der Waals surface area contributed by atoms with E-state index in [0.717, 1.165) is 0 Å². The zero-order chi connectivity index (χ0) is 13.7. The molecule has 0 aliphatic rings. The predicted octanol–water partition coefficient (Wildman–Crippen LogP) is 1.91. The number of hydrogen-bond donors (Lipinski definition) is 1. The first-order valence-corrected chi connectivity index (χ1v) is 5.61. The number of carbonyl (C=O) groups excluding carboxylic acids is 2. The summed E-state index contributed by atoms with van der Waals surface area (Å²) in [4.78, 5) is 21.8. The van der Waals surface area contributed by atoms with Crippen LogP contribution in [0.2, 0.25) is 5.02 Å². The van der Waals surface area contributed by atoms with Gasteiger partial charge in [0, 0.05) is 31.5 Å². The molecule has 0 radical (unpaired) electrons. The number of benzene rings is 1. The van der Waals surface area contributed by atoms with Gasteiger partial charge in [-0.2, -0.15) is 0 Å². The van der Waals surface area contributed by atoms with Crippen molar-refractivity contribution in [1.82, 2.24) is 5.32 Å². The monoisotopic (exact) mass is 271 g/mol. The Morgan fingerprint density at radius 1 is 1.28 bits per heavy atom. The van der Waals surface area contributed by atoms with Crippen LogP contribution in [0, 0.1) is 0 Å². The van der Waals surface area contributed by atoms with Crippen LogP contribution in [0.3, 0.4) is 0 Å². The van der Waals surface area contributed by atoms with Crippen molar-refractivity contribution in [1.29, 1.82) is 0 Å². The SMILES string of the molecule is COc1cc(CNC(C)=O)c(Cl)cc1OC(C)=O. The molecule has 1 aromatic rings. The van der Waals surface area contributed by atoms with E-state index in [-0.39, 0.29) is 18.2 Å². The van der Waals surface area contributed by atoms with E-state index in [0.29, 0.717) is 16.3 Å². The summed E-state index contributed by atoms with van der Waals surface area (Å²) in [6.45, 7) is 2.99. The van der Waals surface area contributed by atoms with Gasteiger partial charge in [-0.25, -0.2) is 0 Å². The van der Waals surface area contributed by atoms with E-state index in [9.17, 15) is 9.59 Å². The second-order valence-corrected chi connectivity index (χ2v) is 4.01. The van der Waals surface area contributed by atoms with Gasteiger partial charge >= 0.3 is 5.97 Å². The van der Waals surface area contributed by atoms with Gasteiger partial charge in [0.05, 0.1) is 7.11 Å². The fraction of sp³-hybridized carbons (Fsp3) is 0.333. The Morgan fingerprint density at radius 3 is 2.44 bits per heavy atom. The van der Waals surface area contributed by atoms with Crippen LogP contribution < -0.4 is 14.8 Å². The number of amides is 1. The molecule has 1 amide bonds. The molecule has 0 aliphatic heterocycles. The molecule has 0 heterocycles. The molecule has 6 heteroatoms. The third-order valence-corrected chi connectivity index (χ3v) is 2.47. The van der Waals surface area contributed by atoms with E-state index < -0.39 is 5.97 Å². The molecule has 18 heavy (non-hydrogen) atoms. The molecule has 0 spiro atoms. The molecule has 0 aliphatic carbocycles. The second kappa shape index (κ2) is 6.26. The summed E-state index contributed by atoms with van der Waals surface area (Å²) in [7, 11) is 1.46. The third kappa shape index (κ3) is 3.92. The average molecular weight is 272 g/mol. The molecule has 0 saturated heterocycles. The average Bonchev–Trinajstić information content (AvgIpc) is 2.27. The minimum absolute atomic E-state index is 0.158. The van der Waals surface area contributed by atoms with Crippen molar-refractivity contribution in [2.24, 2.45) is 0 Å². The first kappa shape index (κ1) is 14.3. The minimum atomic E-state index is -0.459. The van der Waals surface area contributed by atoms with Crippen LogP contribution in [0.15, 0.2) is 12.1 Å². The van der Waals surface area contributed by atoms with Crippen LogP contribution >= 0.6 is 11.6 Å². The molecule has 0 saturated carbocycles. The Kier molecular flexibility index (Phi) is 4.97. The molecular weight excluding hydrogens is 258 g/mol. The summed E-state index contributed by atoms with van der Waals surface area (Å²) in [5.74, 6) is 0.0181. The molecule has 1 rings (SSSR count). The highest BCUT2D eigenvalue weighted by atomic mass is 35.5. The van der Waals surface area contributed by atoms with Gasteiger partial charge in [-0.15, -0.1) is 0 Å². The van der Waals surface area contributed by atoms with Crippen LogP contribution in [-0.4, -0.2) is 19.0 Å². The van der Waals surface area contributed by atoms with Gasteiger partial charge in [-0.05, 0) is 11.6 Å². The van der Waals surface area contributed by atoms with Crippen molar-refractivity contribution in [2.75, 3.05) is 7.11 Å². The topological polar surface area (TPSA) is 64.6 Å². The molecule has 0 bridgehead atoms. The molecule has 1 aromatic carbocycles. The highest BCUT2D eigenvalue weighted by Crippen LogP contribution is 2.33. The Hall–Kier alpha value is -1.75. The minimum Gasteiger partial charge on any atom is -0.493 e.